The fraction of sp³-hybridized carbons (Fsp3) is 0.0526. The van der Waals surface area contributed by atoms with Gasteiger partial charge in [-0.3, -0.25) is 0 Å². The van der Waals surface area contributed by atoms with Gasteiger partial charge in [0.1, 0.15) is 5.58 Å². The fourth-order valence-corrected chi connectivity index (χ4v) is 16.2. The Morgan fingerprint density at radius 1 is 0.516 bits per heavy atom. The van der Waals surface area contributed by atoms with Gasteiger partial charge < -0.3 is 4.42 Å². The van der Waals surface area contributed by atoms with Crippen LogP contribution in [0.15, 0.2) is 199 Å². The molecule has 11 aromatic rings. The summed E-state index contributed by atoms with van der Waals surface area (Å²) < 4.78 is 10.5. The SMILES string of the molecule is CC1(C)c2ccccc2-c2c(N(c3ccc(-c4ccc(I5c6ccccc6-c6nccc7c6c5nc5ccccc57)cc4)cc3)c3cccc4oc5ccccc5c34)cccc21. The fourth-order valence-electron chi connectivity index (χ4n) is 10.2. The smallest absolute Gasteiger partial charge is 0.0574 e. The van der Waals surface area contributed by atoms with Crippen LogP contribution in [-0.4, -0.2) is 9.97 Å². The average molecular weight is 908 g/mol. The number of anilines is 3. The number of para-hydroxylation sites is 2. The van der Waals surface area contributed by atoms with Crippen molar-refractivity contribution in [3.63, 3.8) is 0 Å². The molecule has 1 aliphatic carbocycles. The molecule has 5 heteroatoms. The van der Waals surface area contributed by atoms with E-state index in [1.807, 2.05) is 12.3 Å². The topological polar surface area (TPSA) is 42.2 Å². The van der Waals surface area contributed by atoms with Crippen LogP contribution in [0, 0.1) is 10.8 Å². The molecule has 4 nitrogen and oxygen atoms in total. The number of hydrogen-bond acceptors (Lipinski definition) is 4. The molecule has 62 heavy (non-hydrogen) atoms. The molecule has 0 saturated heterocycles. The van der Waals surface area contributed by atoms with E-state index in [4.69, 9.17) is 14.4 Å². The number of fused-ring (bicyclic) bond motifs is 10. The monoisotopic (exact) mass is 907 g/mol. The number of rotatable bonds is 5. The van der Waals surface area contributed by atoms with Crippen molar-refractivity contribution in [3.8, 4) is 33.5 Å². The molecule has 0 saturated carbocycles. The van der Waals surface area contributed by atoms with Gasteiger partial charge in [-0.2, -0.15) is 0 Å². The minimum Gasteiger partial charge on any atom is -0.0574 e. The van der Waals surface area contributed by atoms with Crippen molar-refractivity contribution in [3.05, 3.63) is 216 Å². The average Bonchev–Trinajstić information content (AvgIpc) is 3.82. The molecule has 3 aromatic heterocycles. The molecule has 0 amide bonds. The number of benzene rings is 8. The van der Waals surface area contributed by atoms with Gasteiger partial charge in [-0.05, 0) is 17.7 Å². The van der Waals surface area contributed by atoms with Crippen molar-refractivity contribution in [1.29, 1.82) is 0 Å². The van der Waals surface area contributed by atoms with Crippen molar-refractivity contribution in [2.24, 2.45) is 0 Å². The van der Waals surface area contributed by atoms with E-state index < -0.39 is 19.8 Å². The molecule has 294 valence electrons. The quantitative estimate of drug-likeness (QED) is 0.0980. The van der Waals surface area contributed by atoms with Crippen LogP contribution in [0.4, 0.5) is 17.1 Å². The molecular formula is C57H38IN3O. The molecule has 1 aliphatic heterocycles. The summed E-state index contributed by atoms with van der Waals surface area (Å²) in [7, 11) is 0. The van der Waals surface area contributed by atoms with Crippen LogP contribution >= 0.6 is 19.8 Å². The number of aromatic nitrogens is 2. The van der Waals surface area contributed by atoms with Gasteiger partial charge >= 0.3 is 273 Å². The first-order valence-corrected chi connectivity index (χ1v) is 24.4. The van der Waals surface area contributed by atoms with Crippen LogP contribution in [0.5, 0.6) is 0 Å². The minimum absolute atomic E-state index is 0.127. The molecule has 4 heterocycles. The first kappa shape index (κ1) is 35.6. The summed E-state index contributed by atoms with van der Waals surface area (Å²) in [4.78, 5) is 12.9. The van der Waals surface area contributed by atoms with Crippen molar-refractivity contribution in [2.75, 3.05) is 4.90 Å². The van der Waals surface area contributed by atoms with E-state index in [-0.39, 0.29) is 5.41 Å². The number of halogens is 1. The molecule has 0 radical (unpaired) electrons. The van der Waals surface area contributed by atoms with E-state index >= 15 is 0 Å². The zero-order chi connectivity index (χ0) is 41.1. The summed E-state index contributed by atoms with van der Waals surface area (Å²) in [6, 6.07) is 68.6. The molecule has 13 rings (SSSR count). The maximum atomic E-state index is 6.47. The summed E-state index contributed by atoms with van der Waals surface area (Å²) in [6.45, 7) is 4.70. The predicted octanol–water partition coefficient (Wildman–Crippen LogP) is 15.5. The summed E-state index contributed by atoms with van der Waals surface area (Å²) in [5.74, 6) is 0. The Morgan fingerprint density at radius 3 is 2.03 bits per heavy atom. The zero-order valence-corrected chi connectivity index (χ0v) is 36.3. The van der Waals surface area contributed by atoms with Crippen molar-refractivity contribution < 1.29 is 4.42 Å². The Balaban J connectivity index is 0.940. The van der Waals surface area contributed by atoms with Crippen molar-refractivity contribution in [1.82, 2.24) is 9.97 Å². The second kappa shape index (κ2) is 13.5. The predicted molar refractivity (Wildman–Crippen MR) is 264 cm³/mol. The maximum absolute atomic E-state index is 6.47. The van der Waals surface area contributed by atoms with E-state index in [1.165, 1.54) is 65.9 Å². The molecule has 0 atom stereocenters. The Kier molecular flexibility index (Phi) is 7.74. The van der Waals surface area contributed by atoms with Gasteiger partial charge in [0, 0.05) is 5.41 Å². The number of pyridine rings is 2. The van der Waals surface area contributed by atoms with Crippen LogP contribution in [-0.2, 0) is 5.41 Å². The molecular weight excluding hydrogens is 870 g/mol. The van der Waals surface area contributed by atoms with Gasteiger partial charge in [-0.1, -0.05) is 62.4 Å². The Hall–Kier alpha value is -7.09. The minimum atomic E-state index is -2.20. The van der Waals surface area contributed by atoms with Gasteiger partial charge in [-0.25, -0.2) is 0 Å². The summed E-state index contributed by atoms with van der Waals surface area (Å²) in [5, 5.41) is 5.86. The van der Waals surface area contributed by atoms with E-state index in [0.717, 1.165) is 50.2 Å². The number of furan rings is 1. The Bertz CT molecular complexity index is 3630. The summed E-state index contributed by atoms with van der Waals surface area (Å²) in [6.07, 6.45) is 1.96. The van der Waals surface area contributed by atoms with Gasteiger partial charge in [0.15, 0.2) is 0 Å². The summed E-state index contributed by atoms with van der Waals surface area (Å²) in [5.41, 5.74) is 15.9. The van der Waals surface area contributed by atoms with Crippen molar-refractivity contribution >= 4 is 80.5 Å². The first-order chi connectivity index (χ1) is 30.5. The van der Waals surface area contributed by atoms with Crippen LogP contribution < -0.4 is 4.90 Å². The van der Waals surface area contributed by atoms with Gasteiger partial charge in [0.25, 0.3) is 0 Å². The Morgan fingerprint density at radius 2 is 1.18 bits per heavy atom. The van der Waals surface area contributed by atoms with Gasteiger partial charge in [0.05, 0.1) is 0 Å². The van der Waals surface area contributed by atoms with Gasteiger partial charge in [0.2, 0.25) is 0 Å². The zero-order valence-electron chi connectivity index (χ0n) is 34.1. The van der Waals surface area contributed by atoms with Crippen LogP contribution in [0.2, 0.25) is 0 Å². The van der Waals surface area contributed by atoms with E-state index in [0.29, 0.717) is 0 Å². The van der Waals surface area contributed by atoms with E-state index in [2.05, 4.69) is 201 Å². The van der Waals surface area contributed by atoms with Crippen molar-refractivity contribution in [2.45, 2.75) is 19.3 Å². The third-order valence-electron chi connectivity index (χ3n) is 13.1. The number of nitrogens with zero attached hydrogens (tertiary/aromatic N) is 3. The van der Waals surface area contributed by atoms with Gasteiger partial charge in [-0.15, -0.1) is 0 Å². The Labute approximate surface area is 366 Å². The molecule has 8 aromatic carbocycles. The van der Waals surface area contributed by atoms with Crippen LogP contribution in [0.3, 0.4) is 0 Å². The second-order valence-electron chi connectivity index (χ2n) is 16.8. The third kappa shape index (κ3) is 5.12. The molecule has 0 spiro atoms. The molecule has 0 unspecified atom stereocenters. The van der Waals surface area contributed by atoms with E-state index in [1.54, 1.807) is 0 Å². The molecule has 0 N–H and O–H groups in total. The van der Waals surface area contributed by atoms with E-state index in [9.17, 15) is 0 Å². The molecule has 0 bridgehead atoms. The standard InChI is InChI=1S/C57H38IN3O/c1-57(2)44-17-7-3-14-41(44)52-45(57)18-11-21-48(52)61(49-22-12-24-51-53(49)43-16-6-10-23-50(43)62-51)38-31-27-36(28-32-38)35-25-29-37(30-26-35)58-46-19-8-4-15-42(46)55-54-40(33-34-59-55)39-13-5-9-20-47(39)60-56(54)58/h3-34H,1-2H3. The normalized spacial score (nSPS) is 14.0. The summed E-state index contributed by atoms with van der Waals surface area (Å²) >= 11 is -2.20. The number of hydrogen-bond donors (Lipinski definition) is 0. The first-order valence-electron chi connectivity index (χ1n) is 21.1. The molecule has 0 fully saturated rings. The van der Waals surface area contributed by atoms with Crippen LogP contribution in [0.1, 0.15) is 25.0 Å². The third-order valence-corrected chi connectivity index (χ3v) is 18.9. The molecule has 2 aliphatic rings. The second-order valence-corrected chi connectivity index (χ2v) is 21.8. The van der Waals surface area contributed by atoms with Crippen LogP contribution in [0.25, 0.3) is 77.1 Å².